The topological polar surface area (TPSA) is 29.3 Å². The minimum Gasteiger partial charge on any atom is -0.307 e. The molecule has 1 aliphatic carbocycles. The van der Waals surface area contributed by atoms with Crippen LogP contribution in [0.4, 0.5) is 0 Å². The molecule has 3 rings (SSSR count). The molecule has 1 aromatic carbocycles. The average Bonchev–Trinajstić information content (AvgIpc) is 2.54. The van der Waals surface area contributed by atoms with E-state index in [4.69, 9.17) is 5.84 Å². The Hall–Kier alpha value is -0.810. The van der Waals surface area contributed by atoms with E-state index in [2.05, 4.69) is 48.2 Å². The van der Waals surface area contributed by atoms with Crippen LogP contribution in [0.1, 0.15) is 35.6 Å². The molecule has 88 valence electrons. The maximum absolute atomic E-state index is 5.94. The minimum absolute atomic E-state index is 0.782. The number of hydrogen-bond donors (Lipinski definition) is 1. The standard InChI is InChI=1S/C14H15IN2/c1-8-3-4-12-10(5-8)6-11-7-17(16)9(2)13(11)14(12)15/h5-6H,2-4,7,16H2,1H3. The van der Waals surface area contributed by atoms with Crippen LogP contribution in [0.2, 0.25) is 0 Å². The van der Waals surface area contributed by atoms with Crippen molar-refractivity contribution in [2.45, 2.75) is 26.3 Å². The van der Waals surface area contributed by atoms with Crippen molar-refractivity contribution in [3.05, 3.63) is 44.0 Å². The van der Waals surface area contributed by atoms with Crippen molar-refractivity contribution in [1.82, 2.24) is 5.01 Å². The summed E-state index contributed by atoms with van der Waals surface area (Å²) in [7, 11) is 0. The van der Waals surface area contributed by atoms with Gasteiger partial charge in [0, 0.05) is 9.13 Å². The predicted octanol–water partition coefficient (Wildman–Crippen LogP) is 3.30. The predicted molar refractivity (Wildman–Crippen MR) is 79.9 cm³/mol. The van der Waals surface area contributed by atoms with Gasteiger partial charge in [-0.05, 0) is 65.1 Å². The number of fused-ring (bicyclic) bond motifs is 2. The summed E-state index contributed by atoms with van der Waals surface area (Å²) >= 11 is 2.45. The fourth-order valence-electron chi connectivity index (χ4n) is 2.67. The van der Waals surface area contributed by atoms with Gasteiger partial charge in [0.2, 0.25) is 0 Å². The molecule has 1 aromatic rings. The Kier molecular flexibility index (Phi) is 2.56. The van der Waals surface area contributed by atoms with Crippen LogP contribution in [0.3, 0.4) is 0 Å². The van der Waals surface area contributed by atoms with Gasteiger partial charge in [0.05, 0.1) is 12.2 Å². The Labute approximate surface area is 115 Å². The molecule has 0 radical (unpaired) electrons. The van der Waals surface area contributed by atoms with E-state index in [9.17, 15) is 0 Å². The Balaban J connectivity index is 2.25. The molecule has 0 unspecified atom stereocenters. The highest BCUT2D eigenvalue weighted by atomic mass is 127. The smallest absolute Gasteiger partial charge is 0.0599 e. The highest BCUT2D eigenvalue weighted by Crippen LogP contribution is 2.39. The Morgan fingerprint density at radius 3 is 2.94 bits per heavy atom. The highest BCUT2D eigenvalue weighted by Gasteiger charge is 2.26. The molecule has 2 N–H and O–H groups in total. The molecular weight excluding hydrogens is 323 g/mol. The van der Waals surface area contributed by atoms with E-state index in [-0.39, 0.29) is 0 Å². The fourth-order valence-corrected chi connectivity index (χ4v) is 3.91. The van der Waals surface area contributed by atoms with Gasteiger partial charge < -0.3 is 5.01 Å². The molecule has 0 saturated heterocycles. The number of hydrogen-bond acceptors (Lipinski definition) is 2. The quantitative estimate of drug-likeness (QED) is 0.581. The molecule has 2 nitrogen and oxygen atoms in total. The van der Waals surface area contributed by atoms with Crippen molar-refractivity contribution in [2.24, 2.45) is 5.84 Å². The summed E-state index contributed by atoms with van der Waals surface area (Å²) in [6.45, 7) is 7.07. The summed E-state index contributed by atoms with van der Waals surface area (Å²) in [5.74, 6) is 5.94. The van der Waals surface area contributed by atoms with Crippen molar-refractivity contribution < 1.29 is 0 Å². The Morgan fingerprint density at radius 2 is 2.18 bits per heavy atom. The maximum Gasteiger partial charge on any atom is 0.0599 e. The van der Waals surface area contributed by atoms with Gasteiger partial charge in [0.1, 0.15) is 0 Å². The first-order valence-electron chi connectivity index (χ1n) is 5.81. The normalized spacial score (nSPS) is 17.9. The van der Waals surface area contributed by atoms with E-state index in [1.54, 1.807) is 5.01 Å². The van der Waals surface area contributed by atoms with Crippen LogP contribution in [0.15, 0.2) is 18.2 Å². The molecule has 0 atom stereocenters. The maximum atomic E-state index is 5.94. The lowest BCUT2D eigenvalue weighted by atomic mass is 9.89. The minimum atomic E-state index is 0.782. The van der Waals surface area contributed by atoms with Crippen LogP contribution in [-0.2, 0) is 13.0 Å². The lowest BCUT2D eigenvalue weighted by Gasteiger charge is -2.18. The van der Waals surface area contributed by atoms with Gasteiger partial charge in [-0.3, -0.25) is 0 Å². The van der Waals surface area contributed by atoms with Crippen LogP contribution >= 0.6 is 22.6 Å². The van der Waals surface area contributed by atoms with Crippen LogP contribution < -0.4 is 5.84 Å². The van der Waals surface area contributed by atoms with Crippen molar-refractivity contribution in [3.8, 4) is 0 Å². The summed E-state index contributed by atoms with van der Waals surface area (Å²) < 4.78 is 1.34. The molecular formula is C14H15IN2. The molecule has 17 heavy (non-hydrogen) atoms. The summed E-state index contributed by atoms with van der Waals surface area (Å²) in [6, 6.07) is 2.29. The lowest BCUT2D eigenvalue weighted by molar-refractivity contribution is 0.432. The van der Waals surface area contributed by atoms with E-state index in [0.717, 1.165) is 18.7 Å². The summed E-state index contributed by atoms with van der Waals surface area (Å²) in [5.41, 5.74) is 7.84. The number of nitrogens with two attached hydrogens (primary N) is 1. The summed E-state index contributed by atoms with van der Waals surface area (Å²) in [6.07, 6.45) is 4.62. The fraction of sp³-hybridized carbons (Fsp3) is 0.286. The molecule has 1 aliphatic heterocycles. The van der Waals surface area contributed by atoms with Gasteiger partial charge in [-0.1, -0.05) is 18.2 Å². The molecule has 0 amide bonds. The van der Waals surface area contributed by atoms with Crippen molar-refractivity contribution in [3.63, 3.8) is 0 Å². The van der Waals surface area contributed by atoms with E-state index in [0.29, 0.717) is 0 Å². The van der Waals surface area contributed by atoms with Crippen molar-refractivity contribution in [1.29, 1.82) is 0 Å². The first-order valence-corrected chi connectivity index (χ1v) is 6.88. The number of hydrazine groups is 1. The monoisotopic (exact) mass is 338 g/mol. The van der Waals surface area contributed by atoms with Crippen LogP contribution in [-0.4, -0.2) is 5.01 Å². The zero-order valence-corrected chi connectivity index (χ0v) is 12.0. The zero-order chi connectivity index (χ0) is 12.2. The number of allylic oxidation sites excluding steroid dienone is 1. The number of rotatable bonds is 0. The Bertz CT molecular complexity index is 558. The zero-order valence-electron chi connectivity index (χ0n) is 9.89. The van der Waals surface area contributed by atoms with Gasteiger partial charge in [0.25, 0.3) is 0 Å². The van der Waals surface area contributed by atoms with Gasteiger partial charge >= 0.3 is 0 Å². The lowest BCUT2D eigenvalue weighted by Crippen LogP contribution is -2.22. The molecule has 0 spiro atoms. The second-order valence-electron chi connectivity index (χ2n) is 4.86. The first-order chi connectivity index (χ1) is 8.08. The van der Waals surface area contributed by atoms with Crippen molar-refractivity contribution in [2.75, 3.05) is 0 Å². The number of halogens is 1. The second kappa shape index (κ2) is 3.85. The largest absolute Gasteiger partial charge is 0.307 e. The molecule has 1 heterocycles. The third-order valence-corrected chi connectivity index (χ3v) is 4.82. The van der Waals surface area contributed by atoms with Crippen LogP contribution in [0.5, 0.6) is 0 Å². The third-order valence-electron chi connectivity index (χ3n) is 3.63. The van der Waals surface area contributed by atoms with Crippen LogP contribution in [0, 0.1) is 3.57 Å². The van der Waals surface area contributed by atoms with Gasteiger partial charge in [-0.2, -0.15) is 0 Å². The summed E-state index contributed by atoms with van der Waals surface area (Å²) in [4.78, 5) is 0. The summed E-state index contributed by atoms with van der Waals surface area (Å²) in [5, 5.41) is 1.74. The van der Waals surface area contributed by atoms with E-state index in [1.807, 2.05) is 0 Å². The van der Waals surface area contributed by atoms with Gasteiger partial charge in [-0.25, -0.2) is 5.84 Å². The molecule has 0 saturated carbocycles. The number of nitrogens with zero attached hydrogens (tertiary/aromatic N) is 1. The SMILES string of the molecule is C=C1c2c(cc3c(c2I)CCC(C)=C3)CN1N. The molecule has 2 aliphatic rings. The molecule has 0 aromatic heterocycles. The average molecular weight is 338 g/mol. The first kappa shape index (κ1) is 11.3. The van der Waals surface area contributed by atoms with Gasteiger partial charge in [0.15, 0.2) is 0 Å². The second-order valence-corrected chi connectivity index (χ2v) is 5.94. The Morgan fingerprint density at radius 1 is 1.41 bits per heavy atom. The molecule has 0 fully saturated rings. The molecule has 3 heteroatoms. The van der Waals surface area contributed by atoms with Gasteiger partial charge in [-0.15, -0.1) is 0 Å². The van der Waals surface area contributed by atoms with Crippen molar-refractivity contribution >= 4 is 34.4 Å². The van der Waals surface area contributed by atoms with E-state index >= 15 is 0 Å². The third kappa shape index (κ3) is 1.64. The molecule has 0 bridgehead atoms. The van der Waals surface area contributed by atoms with Crippen LogP contribution in [0.25, 0.3) is 11.8 Å². The highest BCUT2D eigenvalue weighted by molar-refractivity contribution is 14.1. The van der Waals surface area contributed by atoms with E-state index < -0.39 is 0 Å². The van der Waals surface area contributed by atoms with E-state index in [1.165, 1.54) is 37.8 Å². The number of benzene rings is 1.